The molecule has 0 saturated heterocycles. The number of hydrogen-bond donors (Lipinski definition) is 1. The number of carbonyl (C=O) groups excluding carboxylic acids is 2. The Labute approximate surface area is 138 Å². The lowest BCUT2D eigenvalue weighted by Gasteiger charge is -2.11. The van der Waals surface area contributed by atoms with Crippen LogP contribution in [0.1, 0.15) is 27.0 Å². The number of halogens is 1. The van der Waals surface area contributed by atoms with Gasteiger partial charge in [0, 0.05) is 5.69 Å². The van der Waals surface area contributed by atoms with Crippen molar-refractivity contribution in [2.75, 3.05) is 11.9 Å². The van der Waals surface area contributed by atoms with Gasteiger partial charge in [0.1, 0.15) is 5.82 Å². The summed E-state index contributed by atoms with van der Waals surface area (Å²) >= 11 is 0. The highest BCUT2D eigenvalue weighted by molar-refractivity contribution is 5.96. The number of nitrogens with zero attached hydrogens (tertiary/aromatic N) is 1. The minimum absolute atomic E-state index is 0.0943. The molecule has 0 aliphatic rings. The molecule has 0 heterocycles. The van der Waals surface area contributed by atoms with Crippen LogP contribution in [-0.2, 0) is 9.53 Å². The van der Waals surface area contributed by atoms with Gasteiger partial charge in [-0.3, -0.25) is 4.79 Å². The summed E-state index contributed by atoms with van der Waals surface area (Å²) in [5, 5.41) is 11.3. The Morgan fingerprint density at radius 2 is 1.88 bits per heavy atom. The lowest BCUT2D eigenvalue weighted by atomic mass is 10.1. The van der Waals surface area contributed by atoms with E-state index in [1.807, 2.05) is 32.0 Å². The summed E-state index contributed by atoms with van der Waals surface area (Å²) in [6.45, 7) is 3.16. The van der Waals surface area contributed by atoms with Crippen molar-refractivity contribution in [3.8, 4) is 6.07 Å². The Morgan fingerprint density at radius 1 is 1.21 bits per heavy atom. The Morgan fingerprint density at radius 3 is 2.46 bits per heavy atom. The molecule has 0 bridgehead atoms. The van der Waals surface area contributed by atoms with E-state index in [1.54, 1.807) is 6.07 Å². The van der Waals surface area contributed by atoms with Gasteiger partial charge in [-0.05, 0) is 43.2 Å². The highest BCUT2D eigenvalue weighted by Crippen LogP contribution is 2.19. The van der Waals surface area contributed by atoms with Crippen molar-refractivity contribution in [2.24, 2.45) is 0 Å². The minimum Gasteiger partial charge on any atom is -0.452 e. The van der Waals surface area contributed by atoms with Gasteiger partial charge in [0.15, 0.2) is 6.61 Å². The van der Waals surface area contributed by atoms with E-state index in [1.165, 1.54) is 6.07 Å². The van der Waals surface area contributed by atoms with Gasteiger partial charge in [-0.15, -0.1) is 0 Å². The van der Waals surface area contributed by atoms with Crippen LogP contribution in [0.15, 0.2) is 36.4 Å². The second-order valence-corrected chi connectivity index (χ2v) is 5.20. The van der Waals surface area contributed by atoms with Crippen molar-refractivity contribution in [1.82, 2.24) is 0 Å². The molecule has 0 aromatic heterocycles. The number of carbonyl (C=O) groups is 2. The average molecular weight is 326 g/mol. The van der Waals surface area contributed by atoms with E-state index in [-0.39, 0.29) is 11.1 Å². The Hall–Kier alpha value is -3.20. The van der Waals surface area contributed by atoms with Gasteiger partial charge in [0.05, 0.1) is 17.2 Å². The molecule has 0 saturated carbocycles. The number of benzene rings is 2. The molecule has 5 nitrogen and oxygen atoms in total. The molecule has 24 heavy (non-hydrogen) atoms. The summed E-state index contributed by atoms with van der Waals surface area (Å²) in [5.74, 6) is -2.35. The Balaban J connectivity index is 1.99. The summed E-state index contributed by atoms with van der Waals surface area (Å²) in [5.41, 5.74) is 2.19. The largest absolute Gasteiger partial charge is 0.452 e. The van der Waals surface area contributed by atoms with E-state index in [4.69, 9.17) is 10.00 Å². The number of hydrogen-bond acceptors (Lipinski definition) is 4. The van der Waals surface area contributed by atoms with Crippen molar-refractivity contribution in [1.29, 1.82) is 5.26 Å². The van der Waals surface area contributed by atoms with Gasteiger partial charge in [0.2, 0.25) is 0 Å². The van der Waals surface area contributed by atoms with Crippen LogP contribution in [0.2, 0.25) is 0 Å². The topological polar surface area (TPSA) is 79.2 Å². The molecule has 0 unspecified atom stereocenters. The SMILES string of the molecule is Cc1cccc(C)c1NC(=O)COC(=O)c1ccc(C#N)cc1F. The monoisotopic (exact) mass is 326 g/mol. The maximum Gasteiger partial charge on any atom is 0.341 e. The van der Waals surface area contributed by atoms with E-state index >= 15 is 0 Å². The number of amides is 1. The number of nitriles is 1. The lowest BCUT2D eigenvalue weighted by Crippen LogP contribution is -2.22. The van der Waals surface area contributed by atoms with Gasteiger partial charge in [-0.25, -0.2) is 9.18 Å². The molecule has 2 rings (SSSR count). The van der Waals surface area contributed by atoms with Crippen molar-refractivity contribution in [3.05, 3.63) is 64.5 Å². The molecule has 1 amide bonds. The third-order valence-electron chi connectivity index (χ3n) is 3.40. The minimum atomic E-state index is -0.964. The molecule has 0 aliphatic carbocycles. The van der Waals surface area contributed by atoms with Crippen molar-refractivity contribution in [2.45, 2.75) is 13.8 Å². The molecule has 1 N–H and O–H groups in total. The van der Waals surface area contributed by atoms with Crippen LogP contribution >= 0.6 is 0 Å². The molecule has 2 aromatic rings. The van der Waals surface area contributed by atoms with Crippen molar-refractivity contribution >= 4 is 17.6 Å². The fraction of sp³-hybridized carbons (Fsp3) is 0.167. The fourth-order valence-corrected chi connectivity index (χ4v) is 2.15. The first kappa shape index (κ1) is 17.2. The maximum atomic E-state index is 13.7. The van der Waals surface area contributed by atoms with Crippen molar-refractivity contribution < 1.29 is 18.7 Å². The zero-order valence-electron chi connectivity index (χ0n) is 13.2. The first-order chi connectivity index (χ1) is 11.4. The van der Waals surface area contributed by atoms with Crippen LogP contribution in [0.3, 0.4) is 0 Å². The highest BCUT2D eigenvalue weighted by atomic mass is 19.1. The van der Waals surface area contributed by atoms with Crippen LogP contribution in [0.4, 0.5) is 10.1 Å². The third kappa shape index (κ3) is 3.96. The van der Waals surface area contributed by atoms with Gasteiger partial charge in [-0.2, -0.15) is 5.26 Å². The van der Waals surface area contributed by atoms with E-state index in [0.717, 1.165) is 23.3 Å². The first-order valence-corrected chi connectivity index (χ1v) is 7.15. The van der Waals surface area contributed by atoms with E-state index in [2.05, 4.69) is 5.32 Å². The number of nitrogens with one attached hydrogen (secondary N) is 1. The Bertz CT molecular complexity index is 820. The van der Waals surface area contributed by atoms with E-state index < -0.39 is 24.3 Å². The summed E-state index contributed by atoms with van der Waals surface area (Å²) in [6.07, 6.45) is 0. The molecule has 0 radical (unpaired) electrons. The van der Waals surface area contributed by atoms with Crippen LogP contribution in [-0.4, -0.2) is 18.5 Å². The van der Waals surface area contributed by atoms with Gasteiger partial charge >= 0.3 is 5.97 Å². The highest BCUT2D eigenvalue weighted by Gasteiger charge is 2.16. The number of esters is 1. The van der Waals surface area contributed by atoms with E-state index in [0.29, 0.717) is 5.69 Å². The molecule has 0 atom stereocenters. The van der Waals surface area contributed by atoms with Gasteiger partial charge in [-0.1, -0.05) is 18.2 Å². The smallest absolute Gasteiger partial charge is 0.341 e. The Kier molecular flexibility index (Phi) is 5.27. The van der Waals surface area contributed by atoms with Gasteiger partial charge < -0.3 is 10.1 Å². The summed E-state index contributed by atoms with van der Waals surface area (Å²) in [7, 11) is 0. The standard InChI is InChI=1S/C18H15FN2O3/c1-11-4-3-5-12(2)17(11)21-16(22)10-24-18(23)14-7-6-13(9-20)8-15(14)19/h3-8H,10H2,1-2H3,(H,21,22). The molecule has 0 spiro atoms. The van der Waals surface area contributed by atoms with Gasteiger partial charge in [0.25, 0.3) is 5.91 Å². The first-order valence-electron chi connectivity index (χ1n) is 7.15. The number of rotatable bonds is 4. The second kappa shape index (κ2) is 7.38. The number of anilines is 1. The number of ether oxygens (including phenoxy) is 1. The number of aryl methyl sites for hydroxylation is 2. The van der Waals surface area contributed by atoms with Crippen LogP contribution in [0.5, 0.6) is 0 Å². The fourth-order valence-electron chi connectivity index (χ4n) is 2.15. The molecule has 0 aliphatic heterocycles. The summed E-state index contributed by atoms with van der Waals surface area (Å²) < 4.78 is 18.5. The quantitative estimate of drug-likeness (QED) is 0.876. The van der Waals surface area contributed by atoms with E-state index in [9.17, 15) is 14.0 Å². The molecule has 6 heteroatoms. The van der Waals surface area contributed by atoms with Crippen LogP contribution in [0.25, 0.3) is 0 Å². The van der Waals surface area contributed by atoms with Crippen molar-refractivity contribution in [3.63, 3.8) is 0 Å². The lowest BCUT2D eigenvalue weighted by molar-refractivity contribution is -0.119. The predicted octanol–water partition coefficient (Wildman–Crippen LogP) is 3.11. The zero-order chi connectivity index (χ0) is 17.7. The molecule has 122 valence electrons. The predicted molar refractivity (Wildman–Crippen MR) is 85.9 cm³/mol. The van der Waals surface area contributed by atoms with Crippen LogP contribution < -0.4 is 5.32 Å². The summed E-state index contributed by atoms with van der Waals surface area (Å²) in [4.78, 5) is 23.7. The normalized spacial score (nSPS) is 9.92. The second-order valence-electron chi connectivity index (χ2n) is 5.20. The molecule has 0 fully saturated rings. The average Bonchev–Trinajstić information content (AvgIpc) is 2.56. The molecular weight excluding hydrogens is 311 g/mol. The maximum absolute atomic E-state index is 13.7. The number of para-hydroxylation sites is 1. The molecule has 2 aromatic carbocycles. The third-order valence-corrected chi connectivity index (χ3v) is 3.40. The van der Waals surface area contributed by atoms with Crippen LogP contribution in [0, 0.1) is 31.0 Å². The zero-order valence-corrected chi connectivity index (χ0v) is 13.2. The summed E-state index contributed by atoms with van der Waals surface area (Å²) in [6, 6.07) is 10.7. The molecular formula is C18H15FN2O3.